The van der Waals surface area contributed by atoms with Crippen LogP contribution in [-0.2, 0) is 17.5 Å². The number of carbonyl (C=O) groups is 1. The lowest BCUT2D eigenvalue weighted by Gasteiger charge is -2.08. The van der Waals surface area contributed by atoms with Gasteiger partial charge in [0.2, 0.25) is 5.91 Å². The third-order valence-electron chi connectivity index (χ3n) is 2.84. The number of amides is 1. The summed E-state index contributed by atoms with van der Waals surface area (Å²) in [5.74, 6) is -0.145. The first kappa shape index (κ1) is 15.1. The number of alkyl halides is 3. The van der Waals surface area contributed by atoms with Gasteiger partial charge in [0, 0.05) is 12.6 Å². The Morgan fingerprint density at radius 3 is 2.81 bits per heavy atom. The predicted molar refractivity (Wildman–Crippen MR) is 71.7 cm³/mol. The zero-order valence-electron chi connectivity index (χ0n) is 11.3. The molecular formula is C14H14F3N3O. The molecule has 1 N–H and O–H groups in total. The van der Waals surface area contributed by atoms with Crippen LogP contribution < -0.4 is 5.32 Å². The van der Waals surface area contributed by atoms with E-state index in [1.165, 1.54) is 16.9 Å². The van der Waals surface area contributed by atoms with Crippen molar-refractivity contribution in [2.45, 2.75) is 26.1 Å². The average molecular weight is 297 g/mol. The van der Waals surface area contributed by atoms with E-state index < -0.39 is 11.7 Å². The van der Waals surface area contributed by atoms with E-state index >= 15 is 0 Å². The molecule has 1 amide bonds. The van der Waals surface area contributed by atoms with Crippen LogP contribution in [0.5, 0.6) is 0 Å². The van der Waals surface area contributed by atoms with Gasteiger partial charge in [0.1, 0.15) is 0 Å². The number of halogens is 3. The van der Waals surface area contributed by atoms with Crippen molar-refractivity contribution in [3.05, 3.63) is 47.8 Å². The van der Waals surface area contributed by atoms with E-state index in [-0.39, 0.29) is 12.5 Å². The van der Waals surface area contributed by atoms with Crippen LogP contribution in [0.3, 0.4) is 0 Å². The highest BCUT2D eigenvalue weighted by molar-refractivity contribution is 5.90. The van der Waals surface area contributed by atoms with E-state index in [9.17, 15) is 18.0 Å². The molecule has 0 saturated carbocycles. The van der Waals surface area contributed by atoms with Crippen LogP contribution in [0.4, 0.5) is 18.9 Å². The first-order valence-corrected chi connectivity index (χ1v) is 6.37. The highest BCUT2D eigenvalue weighted by Gasteiger charge is 2.30. The SMILES string of the molecule is CCC(=O)Nc1cnn(Cc2cccc(C(F)(F)F)c2)c1. The maximum absolute atomic E-state index is 12.6. The van der Waals surface area contributed by atoms with Gasteiger partial charge in [-0.1, -0.05) is 19.1 Å². The van der Waals surface area contributed by atoms with Gasteiger partial charge < -0.3 is 5.32 Å². The smallest absolute Gasteiger partial charge is 0.323 e. The van der Waals surface area contributed by atoms with Gasteiger partial charge in [0.15, 0.2) is 0 Å². The third kappa shape index (κ3) is 4.08. The summed E-state index contributed by atoms with van der Waals surface area (Å²) in [5.41, 5.74) is 0.321. The van der Waals surface area contributed by atoms with E-state index in [1.807, 2.05) is 0 Å². The van der Waals surface area contributed by atoms with Crippen molar-refractivity contribution < 1.29 is 18.0 Å². The van der Waals surface area contributed by atoms with Gasteiger partial charge in [-0.15, -0.1) is 0 Å². The lowest BCUT2D eigenvalue weighted by atomic mass is 10.1. The van der Waals surface area contributed by atoms with Crippen LogP contribution in [0.15, 0.2) is 36.7 Å². The van der Waals surface area contributed by atoms with Crippen molar-refractivity contribution >= 4 is 11.6 Å². The second kappa shape index (κ2) is 5.99. The van der Waals surface area contributed by atoms with Gasteiger partial charge in [-0.2, -0.15) is 18.3 Å². The van der Waals surface area contributed by atoms with Crippen LogP contribution >= 0.6 is 0 Å². The molecule has 7 heteroatoms. The van der Waals surface area contributed by atoms with Gasteiger partial charge in [0.25, 0.3) is 0 Å². The quantitative estimate of drug-likeness (QED) is 0.941. The van der Waals surface area contributed by atoms with Crippen molar-refractivity contribution in [3.8, 4) is 0 Å². The van der Waals surface area contributed by atoms with Crippen molar-refractivity contribution in [3.63, 3.8) is 0 Å². The summed E-state index contributed by atoms with van der Waals surface area (Å²) in [6.07, 6.45) is -0.978. The standard InChI is InChI=1S/C14H14F3N3O/c1-2-13(21)19-12-7-18-20(9-12)8-10-4-3-5-11(6-10)14(15,16)17/h3-7,9H,2,8H2,1H3,(H,19,21). The Morgan fingerprint density at radius 2 is 2.14 bits per heavy atom. The number of hydrogen-bond donors (Lipinski definition) is 1. The number of hydrogen-bond acceptors (Lipinski definition) is 2. The van der Waals surface area contributed by atoms with Gasteiger partial charge in [-0.3, -0.25) is 9.48 Å². The van der Waals surface area contributed by atoms with E-state index in [1.54, 1.807) is 19.2 Å². The minimum atomic E-state index is -4.36. The van der Waals surface area contributed by atoms with E-state index in [0.29, 0.717) is 17.7 Å². The minimum absolute atomic E-state index is 0.145. The van der Waals surface area contributed by atoms with Crippen molar-refractivity contribution in [2.75, 3.05) is 5.32 Å². The molecule has 0 spiro atoms. The van der Waals surface area contributed by atoms with Crippen LogP contribution in [0, 0.1) is 0 Å². The van der Waals surface area contributed by atoms with Gasteiger partial charge >= 0.3 is 6.18 Å². The number of carbonyl (C=O) groups excluding carboxylic acids is 1. The number of nitrogens with one attached hydrogen (secondary N) is 1. The van der Waals surface area contributed by atoms with Crippen LogP contribution in [0.2, 0.25) is 0 Å². The number of rotatable bonds is 4. The number of anilines is 1. The summed E-state index contributed by atoms with van der Waals surface area (Å²) in [6.45, 7) is 1.92. The van der Waals surface area contributed by atoms with E-state index in [2.05, 4.69) is 10.4 Å². The normalized spacial score (nSPS) is 11.4. The number of nitrogens with zero attached hydrogens (tertiary/aromatic N) is 2. The van der Waals surface area contributed by atoms with E-state index in [4.69, 9.17) is 0 Å². The molecule has 21 heavy (non-hydrogen) atoms. The monoisotopic (exact) mass is 297 g/mol. The fraction of sp³-hybridized carbons (Fsp3) is 0.286. The van der Waals surface area contributed by atoms with Crippen LogP contribution in [0.1, 0.15) is 24.5 Å². The largest absolute Gasteiger partial charge is 0.416 e. The Balaban J connectivity index is 2.10. The molecule has 2 aromatic rings. The Hall–Kier alpha value is -2.31. The Bertz CT molecular complexity index is 634. The Morgan fingerprint density at radius 1 is 1.38 bits per heavy atom. The minimum Gasteiger partial charge on any atom is -0.323 e. The molecule has 0 saturated heterocycles. The fourth-order valence-corrected chi connectivity index (χ4v) is 1.80. The molecule has 0 unspecified atom stereocenters. The highest BCUT2D eigenvalue weighted by atomic mass is 19.4. The Kier molecular flexibility index (Phi) is 4.30. The molecule has 0 aliphatic rings. The first-order valence-electron chi connectivity index (χ1n) is 6.37. The molecule has 0 atom stereocenters. The van der Waals surface area contributed by atoms with E-state index in [0.717, 1.165) is 12.1 Å². The maximum atomic E-state index is 12.6. The Labute approximate surface area is 119 Å². The van der Waals surface area contributed by atoms with Gasteiger partial charge in [-0.25, -0.2) is 0 Å². The summed E-state index contributed by atoms with van der Waals surface area (Å²) in [7, 11) is 0. The molecule has 0 aliphatic heterocycles. The van der Waals surface area contributed by atoms with Gasteiger partial charge in [-0.05, 0) is 17.7 Å². The summed E-state index contributed by atoms with van der Waals surface area (Å²) in [5, 5.41) is 6.64. The molecule has 0 radical (unpaired) electrons. The number of benzene rings is 1. The first-order chi connectivity index (χ1) is 9.88. The molecule has 4 nitrogen and oxygen atoms in total. The average Bonchev–Trinajstić information content (AvgIpc) is 2.85. The zero-order valence-corrected chi connectivity index (χ0v) is 11.3. The summed E-state index contributed by atoms with van der Waals surface area (Å²) in [6, 6.07) is 5.08. The third-order valence-corrected chi connectivity index (χ3v) is 2.84. The number of aromatic nitrogens is 2. The molecule has 1 aromatic heterocycles. The lowest BCUT2D eigenvalue weighted by molar-refractivity contribution is -0.137. The van der Waals surface area contributed by atoms with Crippen LogP contribution in [0.25, 0.3) is 0 Å². The molecule has 0 fully saturated rings. The predicted octanol–water partition coefficient (Wildman–Crippen LogP) is 3.30. The summed E-state index contributed by atoms with van der Waals surface area (Å²) >= 11 is 0. The van der Waals surface area contributed by atoms with Crippen LogP contribution in [-0.4, -0.2) is 15.7 Å². The zero-order chi connectivity index (χ0) is 15.5. The van der Waals surface area contributed by atoms with Gasteiger partial charge in [0.05, 0.1) is 24.0 Å². The van der Waals surface area contributed by atoms with Crippen molar-refractivity contribution in [1.29, 1.82) is 0 Å². The second-order valence-electron chi connectivity index (χ2n) is 4.53. The maximum Gasteiger partial charge on any atom is 0.416 e. The van der Waals surface area contributed by atoms with Crippen molar-refractivity contribution in [1.82, 2.24) is 9.78 Å². The highest BCUT2D eigenvalue weighted by Crippen LogP contribution is 2.29. The summed E-state index contributed by atoms with van der Waals surface area (Å²) < 4.78 is 39.3. The summed E-state index contributed by atoms with van der Waals surface area (Å²) in [4.78, 5) is 11.2. The molecule has 0 bridgehead atoms. The molecule has 112 valence electrons. The topological polar surface area (TPSA) is 46.9 Å². The molecule has 0 aliphatic carbocycles. The van der Waals surface area contributed by atoms with Crippen molar-refractivity contribution in [2.24, 2.45) is 0 Å². The fourth-order valence-electron chi connectivity index (χ4n) is 1.80. The molecule has 1 aromatic carbocycles. The lowest BCUT2D eigenvalue weighted by Crippen LogP contribution is -2.09. The second-order valence-corrected chi connectivity index (χ2v) is 4.53. The molecule has 2 rings (SSSR count). The molecule has 1 heterocycles. The molecular weight excluding hydrogens is 283 g/mol.